The highest BCUT2D eigenvalue weighted by Crippen LogP contribution is 2.33. The van der Waals surface area contributed by atoms with Crippen LogP contribution in [0.15, 0.2) is 42.5 Å². The van der Waals surface area contributed by atoms with Gasteiger partial charge in [0.25, 0.3) is 0 Å². The second kappa shape index (κ2) is 4.56. The molecule has 1 aliphatic carbocycles. The van der Waals surface area contributed by atoms with Crippen LogP contribution >= 0.6 is 0 Å². The zero-order valence-corrected chi connectivity index (χ0v) is 12.0. The summed E-state index contributed by atoms with van der Waals surface area (Å²) in [6.07, 6.45) is 0. The number of rotatable bonds is 2. The molecule has 0 saturated carbocycles. The van der Waals surface area contributed by atoms with Gasteiger partial charge in [0.05, 0.1) is 23.4 Å². The van der Waals surface area contributed by atoms with Crippen molar-refractivity contribution in [1.29, 1.82) is 0 Å². The fourth-order valence-electron chi connectivity index (χ4n) is 2.99. The third kappa shape index (κ3) is 1.64. The first-order chi connectivity index (χ1) is 10.7. The number of H-pyrrole nitrogens is 1. The Morgan fingerprint density at radius 3 is 2.45 bits per heavy atom. The van der Waals surface area contributed by atoms with Crippen molar-refractivity contribution in [1.82, 2.24) is 4.98 Å². The van der Waals surface area contributed by atoms with E-state index in [4.69, 9.17) is 4.74 Å². The molecule has 0 amide bonds. The van der Waals surface area contributed by atoms with Crippen molar-refractivity contribution in [3.8, 4) is 5.75 Å². The van der Waals surface area contributed by atoms with E-state index in [0.717, 1.165) is 10.9 Å². The Morgan fingerprint density at radius 2 is 1.73 bits per heavy atom. The molecule has 22 heavy (non-hydrogen) atoms. The zero-order valence-electron chi connectivity index (χ0n) is 12.0. The quantitative estimate of drug-likeness (QED) is 0.616. The van der Waals surface area contributed by atoms with Gasteiger partial charge in [-0.15, -0.1) is 0 Å². The Labute approximate surface area is 126 Å². The van der Waals surface area contributed by atoms with Gasteiger partial charge < -0.3 is 9.72 Å². The minimum absolute atomic E-state index is 0.111. The lowest BCUT2D eigenvalue weighted by Crippen LogP contribution is -2.19. The molecule has 0 saturated heterocycles. The molecule has 108 valence electrons. The highest BCUT2D eigenvalue weighted by Gasteiger charge is 2.32. The summed E-state index contributed by atoms with van der Waals surface area (Å²) in [7, 11) is 0. The molecular weight excluding hydrogens is 278 g/mol. The van der Waals surface area contributed by atoms with E-state index >= 15 is 0 Å². The Kier molecular flexibility index (Phi) is 2.66. The molecule has 1 aromatic heterocycles. The molecule has 4 rings (SSSR count). The number of ether oxygens (including phenoxy) is 1. The summed E-state index contributed by atoms with van der Waals surface area (Å²) in [5.41, 5.74) is 2.49. The first kappa shape index (κ1) is 12.8. The van der Waals surface area contributed by atoms with E-state index in [0.29, 0.717) is 34.7 Å². The van der Waals surface area contributed by atoms with Gasteiger partial charge in [0.1, 0.15) is 5.75 Å². The predicted molar refractivity (Wildman–Crippen MR) is 82.8 cm³/mol. The van der Waals surface area contributed by atoms with E-state index in [-0.39, 0.29) is 11.6 Å². The molecule has 2 aromatic carbocycles. The van der Waals surface area contributed by atoms with Crippen molar-refractivity contribution in [2.45, 2.75) is 6.92 Å². The molecule has 0 aliphatic heterocycles. The number of aromatic amines is 1. The van der Waals surface area contributed by atoms with Crippen LogP contribution in [0.3, 0.4) is 0 Å². The van der Waals surface area contributed by atoms with Gasteiger partial charge in [0.15, 0.2) is 5.78 Å². The number of fused-ring (bicyclic) bond motifs is 4. The van der Waals surface area contributed by atoms with Crippen LogP contribution in [0.4, 0.5) is 0 Å². The number of nitrogens with one attached hydrogen (secondary N) is 1. The van der Waals surface area contributed by atoms with E-state index in [1.165, 1.54) is 0 Å². The van der Waals surface area contributed by atoms with Gasteiger partial charge in [-0.25, -0.2) is 0 Å². The van der Waals surface area contributed by atoms with E-state index in [9.17, 15) is 9.59 Å². The minimum atomic E-state index is -0.139. The number of carbonyl (C=O) groups is 2. The second-order valence-electron chi connectivity index (χ2n) is 5.22. The summed E-state index contributed by atoms with van der Waals surface area (Å²) in [6, 6.07) is 12.4. The van der Waals surface area contributed by atoms with E-state index < -0.39 is 0 Å². The van der Waals surface area contributed by atoms with Crippen LogP contribution in [-0.4, -0.2) is 23.2 Å². The Bertz CT molecular complexity index is 937. The molecule has 4 nitrogen and oxygen atoms in total. The molecule has 0 atom stereocenters. The highest BCUT2D eigenvalue weighted by molar-refractivity contribution is 6.32. The largest absolute Gasteiger partial charge is 0.494 e. The van der Waals surface area contributed by atoms with Gasteiger partial charge in [-0.3, -0.25) is 9.59 Å². The van der Waals surface area contributed by atoms with Crippen LogP contribution in [0.1, 0.15) is 38.9 Å². The summed E-state index contributed by atoms with van der Waals surface area (Å²) in [5.74, 6) is 0.464. The van der Waals surface area contributed by atoms with Crippen molar-refractivity contribution in [2.75, 3.05) is 6.61 Å². The topological polar surface area (TPSA) is 59.2 Å². The monoisotopic (exact) mass is 291 g/mol. The van der Waals surface area contributed by atoms with Crippen molar-refractivity contribution in [3.05, 3.63) is 64.8 Å². The summed E-state index contributed by atoms with van der Waals surface area (Å²) < 4.78 is 5.47. The molecule has 0 spiro atoms. The maximum Gasteiger partial charge on any atom is 0.210 e. The van der Waals surface area contributed by atoms with Gasteiger partial charge in [-0.05, 0) is 19.1 Å². The lowest BCUT2D eigenvalue weighted by Gasteiger charge is -2.13. The van der Waals surface area contributed by atoms with E-state index in [2.05, 4.69) is 4.98 Å². The smallest absolute Gasteiger partial charge is 0.210 e. The summed E-state index contributed by atoms with van der Waals surface area (Å²) in [4.78, 5) is 28.4. The van der Waals surface area contributed by atoms with E-state index in [1.54, 1.807) is 24.3 Å². The van der Waals surface area contributed by atoms with Crippen molar-refractivity contribution in [3.63, 3.8) is 0 Å². The van der Waals surface area contributed by atoms with Gasteiger partial charge in [-0.2, -0.15) is 0 Å². The normalized spacial score (nSPS) is 13.1. The molecule has 0 unspecified atom stereocenters. The first-order valence-corrected chi connectivity index (χ1v) is 7.17. The number of hydrogen-bond acceptors (Lipinski definition) is 3. The molecule has 3 aromatic rings. The number of hydrogen-bond donors (Lipinski definition) is 1. The van der Waals surface area contributed by atoms with Crippen LogP contribution in [0.25, 0.3) is 10.9 Å². The number of aromatic nitrogens is 1. The molecule has 1 heterocycles. The molecule has 1 N–H and O–H groups in total. The van der Waals surface area contributed by atoms with Gasteiger partial charge in [-0.1, -0.05) is 24.3 Å². The van der Waals surface area contributed by atoms with Crippen LogP contribution in [0.2, 0.25) is 0 Å². The lowest BCUT2D eigenvalue weighted by molar-refractivity contribution is 0.0978. The average molecular weight is 291 g/mol. The number of carbonyl (C=O) groups excluding carboxylic acids is 2. The average Bonchev–Trinajstić information content (AvgIpc) is 2.92. The first-order valence-electron chi connectivity index (χ1n) is 7.17. The van der Waals surface area contributed by atoms with Crippen LogP contribution in [0.5, 0.6) is 5.75 Å². The van der Waals surface area contributed by atoms with Crippen LogP contribution < -0.4 is 4.74 Å². The van der Waals surface area contributed by atoms with Crippen LogP contribution in [0, 0.1) is 0 Å². The van der Waals surface area contributed by atoms with Crippen molar-refractivity contribution < 1.29 is 14.3 Å². The molecule has 0 bridgehead atoms. The highest BCUT2D eigenvalue weighted by atomic mass is 16.5. The Hall–Kier alpha value is -2.88. The van der Waals surface area contributed by atoms with Gasteiger partial charge in [0.2, 0.25) is 5.78 Å². The standard InChI is InChI=1S/C18H13NO3/c1-2-22-10-7-8-13-14(9-10)19-16-15(13)17(20)11-5-3-4-6-12(11)18(16)21/h3-9,19H,2H2,1H3. The van der Waals surface area contributed by atoms with Gasteiger partial charge in [0, 0.05) is 22.6 Å². The fourth-order valence-corrected chi connectivity index (χ4v) is 2.99. The van der Waals surface area contributed by atoms with E-state index in [1.807, 2.05) is 25.1 Å². The zero-order chi connectivity index (χ0) is 15.3. The van der Waals surface area contributed by atoms with Gasteiger partial charge >= 0.3 is 0 Å². The van der Waals surface area contributed by atoms with Crippen molar-refractivity contribution in [2.24, 2.45) is 0 Å². The maximum atomic E-state index is 12.7. The molecule has 0 radical (unpaired) electrons. The Morgan fingerprint density at radius 1 is 1.00 bits per heavy atom. The lowest BCUT2D eigenvalue weighted by atomic mass is 9.87. The molecular formula is C18H13NO3. The summed E-state index contributed by atoms with van der Waals surface area (Å²) >= 11 is 0. The molecule has 1 aliphatic rings. The van der Waals surface area contributed by atoms with Crippen molar-refractivity contribution >= 4 is 22.5 Å². The number of benzene rings is 2. The summed E-state index contributed by atoms with van der Waals surface area (Å²) in [5, 5.41) is 0.756. The predicted octanol–water partition coefficient (Wildman–Crippen LogP) is 3.34. The third-order valence-corrected chi connectivity index (χ3v) is 3.95. The SMILES string of the molecule is CCOc1ccc2c3c([nH]c2c1)C(=O)c1ccccc1C3=O. The maximum absolute atomic E-state index is 12.7. The second-order valence-corrected chi connectivity index (χ2v) is 5.22. The minimum Gasteiger partial charge on any atom is -0.494 e. The molecule has 0 fully saturated rings. The third-order valence-electron chi connectivity index (χ3n) is 3.95. The number of ketones is 2. The summed E-state index contributed by atoms with van der Waals surface area (Å²) in [6.45, 7) is 2.48. The fraction of sp³-hybridized carbons (Fsp3) is 0.111. The molecule has 4 heteroatoms. The van der Waals surface area contributed by atoms with Crippen LogP contribution in [-0.2, 0) is 0 Å². The Balaban J connectivity index is 1.98.